The van der Waals surface area contributed by atoms with Crippen LogP contribution in [0.4, 0.5) is 0 Å². The number of guanidine groups is 1. The number of aliphatic carboxylic acids is 17. The predicted octanol–water partition coefficient (Wildman–Crippen LogP) is -8.30. The van der Waals surface area contributed by atoms with Crippen LogP contribution in [0.15, 0.2) is 47.8 Å². The summed E-state index contributed by atoms with van der Waals surface area (Å²) in [5, 5.41) is 142. The average Bonchev–Trinajstić information content (AvgIpc) is 1.74. The molecule has 15 atom stereocenters. The van der Waals surface area contributed by atoms with Crippen LogP contribution in [0, 0.1) is 11.8 Å². The number of imidazole rings is 1. The zero-order chi connectivity index (χ0) is 109. The fourth-order valence-corrected chi connectivity index (χ4v) is 7.45. The molecule has 1 saturated heterocycles. The van der Waals surface area contributed by atoms with E-state index in [0.717, 1.165) is 55.7 Å². The maximum Gasteiger partial charge on any atom is 0.321 e. The van der Waals surface area contributed by atoms with Crippen LogP contribution in [0.2, 0.25) is 0 Å². The second-order valence-corrected chi connectivity index (χ2v) is 29.2. The molecule has 0 radical (unpaired) electrons. The number of hydrogen-bond donors (Lipinski definition) is 39. The summed E-state index contributed by atoms with van der Waals surface area (Å²) in [7, 11) is 0. The lowest BCUT2D eigenvalue weighted by molar-refractivity contribution is -0.144. The van der Waals surface area contributed by atoms with Crippen molar-refractivity contribution in [1.82, 2.24) is 15.3 Å². The summed E-state index contributed by atoms with van der Waals surface area (Å²) in [6.45, 7) is 10.7. The lowest BCUT2D eigenvalue weighted by atomic mass is 10.0. The minimum atomic E-state index is -1.29. The van der Waals surface area contributed by atoms with Crippen LogP contribution in [0.3, 0.4) is 0 Å². The van der Waals surface area contributed by atoms with Gasteiger partial charge in [0.2, 0.25) is 11.8 Å². The Bertz CT molecular complexity index is 3610. The van der Waals surface area contributed by atoms with E-state index in [-0.39, 0.29) is 68.7 Å². The number of amides is 2. The van der Waals surface area contributed by atoms with Crippen LogP contribution in [0.25, 0.3) is 0 Å². The fraction of sp³-hybridized carbons (Fsp3) is 0.613. The Kier molecular flexibility index (Phi) is 105. The number of nitrogens with zero attached hydrogens (tertiary/aromatic N) is 2. The van der Waals surface area contributed by atoms with E-state index >= 15 is 0 Å². The number of thiol groups is 1. The molecule has 1 aromatic heterocycles. The second kappa shape index (κ2) is 95.8. The predicted molar refractivity (Wildman–Crippen MR) is 496 cm³/mol. The molecule has 1 unspecified atom stereocenters. The number of unbranched alkanes of at least 4 members (excludes halogenated alkanes) is 1. The number of carboxylic acid groups (broad SMARTS) is 17. The van der Waals surface area contributed by atoms with Crippen molar-refractivity contribution in [2.45, 2.75) is 235 Å². The van der Waals surface area contributed by atoms with E-state index in [9.17, 15) is 91.1 Å². The molecule has 1 aliphatic heterocycles. The van der Waals surface area contributed by atoms with Gasteiger partial charge >= 0.3 is 101 Å². The van der Waals surface area contributed by atoms with Gasteiger partial charge in [-0.3, -0.25) is 96.1 Å². The summed E-state index contributed by atoms with van der Waals surface area (Å²) in [6, 6.07) is -2.22. The molecular formula is C75H147N23O36S2. The maximum absolute atomic E-state index is 10.4. The van der Waals surface area contributed by atoms with Gasteiger partial charge in [-0.25, -0.2) is 4.98 Å². The summed E-state index contributed by atoms with van der Waals surface area (Å²) >= 11 is 5.25. The van der Waals surface area contributed by atoms with Crippen molar-refractivity contribution in [3.63, 3.8) is 0 Å². The third kappa shape index (κ3) is 120. The van der Waals surface area contributed by atoms with Crippen molar-refractivity contribution in [2.24, 2.45) is 126 Å². The van der Waals surface area contributed by atoms with Gasteiger partial charge in [0.25, 0.3) is 0 Å². The molecule has 2 heterocycles. The van der Waals surface area contributed by atoms with Crippen molar-refractivity contribution < 1.29 is 178 Å². The van der Waals surface area contributed by atoms with Gasteiger partial charge in [-0.1, -0.05) is 70.9 Å². The highest BCUT2D eigenvalue weighted by atomic mass is 32.2. The molecule has 0 aliphatic carbocycles. The number of thioether (sulfide) groups is 1. The molecule has 1 aliphatic rings. The normalized spacial score (nSPS) is 13.8. The van der Waals surface area contributed by atoms with Crippen molar-refractivity contribution >= 4 is 144 Å². The zero-order valence-electron chi connectivity index (χ0n) is 76.3. The fourth-order valence-electron chi connectivity index (χ4n) is 6.80. The number of carbonyl (C=O) groups is 19. The molecule has 0 bridgehead atoms. The molecule has 0 spiro atoms. The first-order valence-corrected chi connectivity index (χ1v) is 42.0. The van der Waals surface area contributed by atoms with Crippen LogP contribution in [-0.4, -0.2) is 345 Å². The number of carboxylic acids is 17. The molecule has 790 valence electrons. The minimum absolute atomic E-state index is 0.0129. The average molecular weight is 2010 g/mol. The van der Waals surface area contributed by atoms with Gasteiger partial charge in [0, 0.05) is 43.5 Å². The van der Waals surface area contributed by atoms with Gasteiger partial charge in [-0.05, 0) is 120 Å². The first-order chi connectivity index (χ1) is 62.5. The van der Waals surface area contributed by atoms with Crippen LogP contribution in [0.5, 0.6) is 0 Å². The van der Waals surface area contributed by atoms with Gasteiger partial charge < -0.3 is 206 Å². The SMILES string of the molecule is CC(C)C[C@H](N)C(=O)O.CC[C@H](C)[C@H](N)C(=O)O.CSCC[C@H](N)C(=O)O.C[C@H](N)C(=O)O.NC(=O)CC[C@H](N)C(=O)O.NC(=O)C[C@H](N)C(=O)O.NC(N)=NCCC[C@H](N)C(=O)O.NCC(=O)O.NCCCC[C@H](N)C(=O)O.N[C@@H](CC(=O)O)C(=O)O.N[C@@H](CCC(=O)O)C(=O)O.N[C@@H](CS)C(=O)O.N[C@@H](Cc1ccccc1)C(=O)O.N[C@@H](Cc1cnc[nH]1)C(=O)O.O=C(O)C1CCCN1. The Labute approximate surface area is 792 Å². The van der Waals surface area contributed by atoms with Gasteiger partial charge in [0.1, 0.15) is 84.6 Å². The molecule has 3 rings (SSSR count). The number of rotatable bonds is 45. The van der Waals surface area contributed by atoms with E-state index in [1.54, 1.807) is 18.0 Å². The lowest BCUT2D eigenvalue weighted by Gasteiger charge is -2.11. The summed E-state index contributed by atoms with van der Waals surface area (Å²) < 4.78 is 0. The standard InChI is InChI=1S/C9H11NO2.C6H14N4O2.C6H9N3O2.C6H14N2O2.2C6H13NO2.C5H10N2O3.C5H9NO4.C5H11NO2S.C5H9NO2.C4H8N2O3.C4H7NO4.C3H7NO2S.C3H7NO2.C2H5NO2/c10-8(9(11)12)6-7-4-2-1-3-5-7;7-4(5(11)12)2-1-3-10-6(8)9;7-5(6(10)11)1-4-2-8-3-9-4;7-4-2-1-3-5(8)6(9)10;1-4(2)3-5(7)6(8)9;1-3-4(2)5(7)6(8)9;2*6-3(5(9)10)1-2-4(7)8;1-9-3-2-4(6)5(7)8;7-5(8)4-2-1-3-6-4;2*5-2(4(8)9)1-3(6)7;4-2(1-7)3(5)6;1-2(4)3(5)6;3-1-2(4)5/h1-5,8H,6,10H2,(H,11,12);4H,1-3,7H2,(H,11,12)(H4,8,9,10);2-3,5H,1,7H2,(H,8,9)(H,10,11);5H,1-4,7-8H2,(H,9,10);2*4-5H,3,7H2,1-2H3,(H,8,9);3H,1-2,6H2,(H2,7,8)(H,9,10);3H,1-2,6H2,(H,7,8)(H,9,10);4H,2-3,6H2,1H3,(H,7,8);4,6H,1-3H2,(H,7,8);2H,1,5H2,(H2,6,7)(H,8,9);2H,1,5H2,(H,6,7)(H,8,9);2,7H,1,4H2,(H,5,6);2H,4H2,1H3,(H,5,6);1,3H2,(H,4,5)/t8-;4-;3*5-;4-,5-;2*3-;4-;;4*2-;/m000000000.0000./s1. The highest BCUT2D eigenvalue weighted by Gasteiger charge is 2.22. The van der Waals surface area contributed by atoms with Gasteiger partial charge in [-0.15, -0.1) is 0 Å². The van der Waals surface area contributed by atoms with Crippen molar-refractivity contribution in [3.8, 4) is 0 Å². The van der Waals surface area contributed by atoms with E-state index < -0.39 is 198 Å². The Hall–Kier alpha value is -12.3. The maximum atomic E-state index is 10.4. The first kappa shape index (κ1) is 149. The summed E-state index contributed by atoms with van der Waals surface area (Å²) in [5.74, 6) is -17.1. The number of benzene rings is 1. The smallest absolute Gasteiger partial charge is 0.321 e. The number of nitrogens with one attached hydrogen (secondary N) is 2. The Morgan fingerprint density at radius 1 is 0.456 bits per heavy atom. The molecule has 59 nitrogen and oxygen atoms in total. The van der Waals surface area contributed by atoms with Gasteiger partial charge in [0.15, 0.2) is 5.96 Å². The summed E-state index contributed by atoms with van der Waals surface area (Å²) in [6.07, 6.45) is 11.5. The Morgan fingerprint density at radius 3 is 1.08 bits per heavy atom. The van der Waals surface area contributed by atoms with E-state index in [2.05, 4.69) is 44.4 Å². The van der Waals surface area contributed by atoms with Crippen molar-refractivity contribution in [1.29, 1.82) is 0 Å². The minimum Gasteiger partial charge on any atom is -0.481 e. The molecule has 1 fully saturated rings. The number of nitrogens with two attached hydrogens (primary N) is 19. The number of primary amides is 2. The monoisotopic (exact) mass is 2010 g/mol. The topological polar surface area (TPSA) is 1220 Å². The van der Waals surface area contributed by atoms with E-state index in [4.69, 9.17) is 184 Å². The molecule has 57 N–H and O–H groups in total. The van der Waals surface area contributed by atoms with Crippen LogP contribution in [0.1, 0.15) is 149 Å². The highest BCUT2D eigenvalue weighted by molar-refractivity contribution is 7.98. The number of H-pyrrole nitrogens is 1. The van der Waals surface area contributed by atoms with Gasteiger partial charge in [-0.2, -0.15) is 24.4 Å². The van der Waals surface area contributed by atoms with Crippen LogP contribution < -0.4 is 114 Å². The number of carbonyl (C=O) groups excluding carboxylic acids is 2. The molecule has 136 heavy (non-hydrogen) atoms. The number of aliphatic imine (C=N–C) groups is 1. The number of aromatic amines is 1. The highest BCUT2D eigenvalue weighted by Crippen LogP contribution is 2.07. The van der Waals surface area contributed by atoms with Crippen molar-refractivity contribution in [3.05, 3.63) is 54.1 Å². The third-order valence-corrected chi connectivity index (χ3v) is 16.0. The molecule has 2 aromatic rings. The molecule has 1 aromatic carbocycles. The third-order valence-electron chi connectivity index (χ3n) is 14.9. The van der Waals surface area contributed by atoms with Crippen LogP contribution in [-0.2, 0) is 104 Å². The van der Waals surface area contributed by atoms with Crippen molar-refractivity contribution in [2.75, 3.05) is 43.9 Å². The Morgan fingerprint density at radius 2 is 0.838 bits per heavy atom. The lowest BCUT2D eigenvalue weighted by Crippen LogP contribution is -2.36. The Balaban J connectivity index is -0.000000122. The quantitative estimate of drug-likeness (QED) is 0.0127. The largest absolute Gasteiger partial charge is 0.481 e. The van der Waals surface area contributed by atoms with Gasteiger partial charge in [0.05, 0.1) is 25.7 Å². The molecule has 61 heteroatoms. The number of aromatic nitrogens is 2. The molecule has 2 amide bonds. The molecular weight excluding hydrogens is 1860 g/mol. The van der Waals surface area contributed by atoms with E-state index in [1.165, 1.54) is 13.3 Å². The van der Waals surface area contributed by atoms with E-state index in [1.807, 2.05) is 64.3 Å². The van der Waals surface area contributed by atoms with E-state index in [0.29, 0.717) is 57.5 Å². The first-order valence-electron chi connectivity index (χ1n) is 40.0. The second-order valence-electron chi connectivity index (χ2n) is 27.9. The summed E-state index contributed by atoms with van der Waals surface area (Å²) in [5.41, 5.74) is 97.3. The zero-order valence-corrected chi connectivity index (χ0v) is 78.0. The van der Waals surface area contributed by atoms with Crippen LogP contribution >= 0.6 is 24.4 Å². The summed E-state index contributed by atoms with van der Waals surface area (Å²) in [4.78, 5) is 200. The molecule has 0 saturated carbocycles. The number of hydrogen-bond acceptors (Lipinski definition) is 39.